The largest absolute Gasteiger partial charge is 0.330 e. The third-order valence-electron chi connectivity index (χ3n) is 6.54. The molecule has 1 aliphatic rings. The van der Waals surface area contributed by atoms with Crippen LogP contribution in [0.5, 0.6) is 0 Å². The fraction of sp³-hybridized carbons (Fsp3) is 0.185. The van der Waals surface area contributed by atoms with Crippen molar-refractivity contribution in [1.82, 2.24) is 10.0 Å². The number of anilines is 2. The number of nitrogens with one attached hydrogen (secondary N) is 2. The molecule has 2 N–H and O–H groups in total. The molecule has 1 aromatic heterocycles. The van der Waals surface area contributed by atoms with E-state index < -0.39 is 45.6 Å². The Balaban J connectivity index is 1.39. The average Bonchev–Trinajstić information content (AvgIpc) is 3.54. The van der Waals surface area contributed by atoms with Gasteiger partial charge in [-0.1, -0.05) is 12.1 Å². The number of hydrogen-bond acceptors (Lipinski definition) is 5. The molecule has 5 rings (SSSR count). The van der Waals surface area contributed by atoms with E-state index in [1.165, 1.54) is 29.4 Å². The van der Waals surface area contributed by atoms with E-state index in [2.05, 4.69) is 5.32 Å². The third-order valence-corrected chi connectivity index (χ3v) is 8.82. The van der Waals surface area contributed by atoms with E-state index in [9.17, 15) is 31.2 Å². The van der Waals surface area contributed by atoms with Gasteiger partial charge in [0.1, 0.15) is 23.5 Å². The van der Waals surface area contributed by atoms with Gasteiger partial charge in [-0.2, -0.15) is 8.42 Å². The van der Waals surface area contributed by atoms with Gasteiger partial charge in [0.25, 0.3) is 0 Å². The number of thiophene rings is 1. The summed E-state index contributed by atoms with van der Waals surface area (Å²) in [7, 11) is -3.09. The van der Waals surface area contributed by atoms with Crippen LogP contribution in [-0.2, 0) is 27.8 Å². The second-order valence-electron chi connectivity index (χ2n) is 9.22. The molecule has 1 aliphatic heterocycles. The van der Waals surface area contributed by atoms with Crippen LogP contribution in [0.25, 0.3) is 10.1 Å². The van der Waals surface area contributed by atoms with Crippen LogP contribution in [-0.4, -0.2) is 40.0 Å². The Hall–Kier alpha value is -4.10. The Morgan fingerprint density at radius 1 is 1.05 bits per heavy atom. The van der Waals surface area contributed by atoms with Crippen molar-refractivity contribution in [1.29, 1.82) is 0 Å². The van der Waals surface area contributed by atoms with E-state index in [1.54, 1.807) is 18.2 Å². The highest BCUT2D eigenvalue weighted by molar-refractivity contribution is 7.91. The molecule has 8 nitrogen and oxygen atoms in total. The first-order chi connectivity index (χ1) is 19.0. The lowest BCUT2D eigenvalue weighted by atomic mass is 10.0. The van der Waals surface area contributed by atoms with Gasteiger partial charge in [-0.15, -0.1) is 11.3 Å². The Morgan fingerprint density at radius 3 is 2.55 bits per heavy atom. The number of para-hydroxylation sites is 1. The number of nitrogens with zero attached hydrogens (tertiary/aromatic N) is 2. The summed E-state index contributed by atoms with van der Waals surface area (Å²) in [6.07, 6.45) is -0.0890. The van der Waals surface area contributed by atoms with E-state index in [4.69, 9.17) is 0 Å². The van der Waals surface area contributed by atoms with Crippen LogP contribution >= 0.6 is 11.3 Å². The Morgan fingerprint density at radius 2 is 1.80 bits per heavy atom. The zero-order valence-electron chi connectivity index (χ0n) is 21.0. The van der Waals surface area contributed by atoms with Crippen molar-refractivity contribution in [2.45, 2.75) is 18.9 Å². The van der Waals surface area contributed by atoms with Gasteiger partial charge in [0, 0.05) is 36.5 Å². The number of fused-ring (bicyclic) bond motifs is 2. The number of urea groups is 1. The molecule has 208 valence electrons. The van der Waals surface area contributed by atoms with Crippen LogP contribution in [0.3, 0.4) is 0 Å². The number of amides is 3. The van der Waals surface area contributed by atoms with E-state index in [1.807, 2.05) is 22.2 Å². The van der Waals surface area contributed by atoms with Crippen molar-refractivity contribution in [3.05, 3.63) is 94.6 Å². The van der Waals surface area contributed by atoms with E-state index in [-0.39, 0.29) is 30.6 Å². The summed E-state index contributed by atoms with van der Waals surface area (Å²) in [4.78, 5) is 27.7. The topological polar surface area (TPSA) is 98.8 Å². The van der Waals surface area contributed by atoms with Gasteiger partial charge in [0.2, 0.25) is 5.91 Å². The van der Waals surface area contributed by atoms with Crippen LogP contribution in [0.2, 0.25) is 0 Å². The molecule has 0 fully saturated rings. The van der Waals surface area contributed by atoms with Crippen LogP contribution in [0, 0.1) is 17.5 Å². The van der Waals surface area contributed by atoms with Gasteiger partial charge in [0.15, 0.2) is 0 Å². The highest BCUT2D eigenvalue weighted by Gasteiger charge is 2.34. The monoisotopic (exact) mass is 588 g/mol. The predicted molar refractivity (Wildman–Crippen MR) is 147 cm³/mol. The second-order valence-corrected chi connectivity index (χ2v) is 11.8. The van der Waals surface area contributed by atoms with Crippen molar-refractivity contribution in [2.75, 3.05) is 22.8 Å². The van der Waals surface area contributed by atoms with E-state index in [0.717, 1.165) is 32.6 Å². The van der Waals surface area contributed by atoms with Gasteiger partial charge in [-0.05, 0) is 70.8 Å². The number of benzene rings is 3. The SMILES string of the molecule is CN(C(=O)[C@H](Cc1cc(F)cc(F)c1)NC(=O)NS(=O)(=O)N1CCc2cccc(F)c21)c1ccc2sccc2c1. The number of carbonyl (C=O) groups excluding carboxylic acids is 2. The lowest BCUT2D eigenvalue weighted by Crippen LogP contribution is -2.54. The van der Waals surface area contributed by atoms with Gasteiger partial charge in [0.05, 0.1) is 5.69 Å². The summed E-state index contributed by atoms with van der Waals surface area (Å²) in [6.45, 7) is -0.0857. The fourth-order valence-corrected chi connectivity index (χ4v) is 6.61. The Labute approximate surface area is 232 Å². The maximum Gasteiger partial charge on any atom is 0.330 e. The highest BCUT2D eigenvalue weighted by atomic mass is 32.2. The molecule has 0 saturated carbocycles. The van der Waals surface area contributed by atoms with Gasteiger partial charge >= 0.3 is 16.2 Å². The number of hydrogen-bond donors (Lipinski definition) is 2. The molecule has 1 atom stereocenters. The highest BCUT2D eigenvalue weighted by Crippen LogP contribution is 2.32. The van der Waals surface area contributed by atoms with Crippen LogP contribution in [0.15, 0.2) is 66.0 Å². The van der Waals surface area contributed by atoms with Crippen LogP contribution < -0.4 is 19.2 Å². The summed E-state index contributed by atoms with van der Waals surface area (Å²) >= 11 is 1.52. The lowest BCUT2D eigenvalue weighted by Gasteiger charge is -2.26. The first kappa shape index (κ1) is 27.5. The maximum atomic E-state index is 14.4. The van der Waals surface area contributed by atoms with Gasteiger partial charge < -0.3 is 10.2 Å². The van der Waals surface area contributed by atoms with Crippen LogP contribution in [0.1, 0.15) is 11.1 Å². The fourth-order valence-electron chi connectivity index (χ4n) is 4.66. The smallest absolute Gasteiger partial charge is 0.325 e. The molecule has 4 aromatic rings. The van der Waals surface area contributed by atoms with Gasteiger partial charge in [-0.25, -0.2) is 27.0 Å². The molecule has 3 aromatic carbocycles. The molecular formula is C27H23F3N4O4S2. The quantitative estimate of drug-likeness (QED) is 0.332. The summed E-state index contributed by atoms with van der Waals surface area (Å²) in [5, 5.41) is 5.11. The Bertz CT molecular complexity index is 1710. The van der Waals surface area contributed by atoms with Crippen LogP contribution in [0.4, 0.5) is 29.3 Å². The molecule has 2 heterocycles. The predicted octanol–water partition coefficient (Wildman–Crippen LogP) is 4.50. The lowest BCUT2D eigenvalue weighted by molar-refractivity contribution is -0.120. The molecule has 40 heavy (non-hydrogen) atoms. The standard InChI is InChI=1S/C27H23F3N4O4S2/c1-33(21-5-6-24-18(14-21)8-10-39-24)26(35)23(13-16-11-19(28)15-20(29)12-16)31-27(36)32-40(37,38)34-9-7-17-3-2-4-22(30)25(17)34/h2-6,8,10-12,14-15,23H,7,9,13H2,1H3,(H2,31,32,36)/t23-/m0/s1. The Kier molecular flexibility index (Phi) is 7.43. The van der Waals surface area contributed by atoms with E-state index in [0.29, 0.717) is 17.3 Å². The van der Waals surface area contributed by atoms with Gasteiger partial charge in [-0.3, -0.25) is 4.79 Å². The first-order valence-electron chi connectivity index (χ1n) is 12.1. The van der Waals surface area contributed by atoms with Crippen molar-refractivity contribution >= 4 is 54.9 Å². The van der Waals surface area contributed by atoms with Crippen molar-refractivity contribution < 1.29 is 31.2 Å². The normalized spacial score (nSPS) is 13.7. The molecular weight excluding hydrogens is 565 g/mol. The third kappa shape index (κ3) is 5.61. The minimum atomic E-state index is -4.56. The minimum absolute atomic E-state index is 0.0660. The molecule has 0 spiro atoms. The summed E-state index contributed by atoms with van der Waals surface area (Å²) in [5.74, 6) is -3.17. The zero-order valence-corrected chi connectivity index (χ0v) is 22.7. The zero-order chi connectivity index (χ0) is 28.6. The summed E-state index contributed by atoms with van der Waals surface area (Å²) < 4.78 is 71.8. The average molecular weight is 589 g/mol. The number of halogens is 3. The molecule has 3 amide bonds. The minimum Gasteiger partial charge on any atom is -0.325 e. The number of rotatable bonds is 7. The summed E-state index contributed by atoms with van der Waals surface area (Å²) in [5.41, 5.74) is 0.868. The molecule has 0 bridgehead atoms. The molecule has 0 aliphatic carbocycles. The number of likely N-dealkylation sites (N-methyl/N-ethyl adjacent to an activating group) is 1. The number of carbonyl (C=O) groups is 2. The van der Waals surface area contributed by atoms with Crippen molar-refractivity contribution in [3.8, 4) is 0 Å². The first-order valence-corrected chi connectivity index (χ1v) is 14.4. The molecule has 13 heteroatoms. The van der Waals surface area contributed by atoms with E-state index >= 15 is 0 Å². The van der Waals surface area contributed by atoms with Crippen molar-refractivity contribution in [2.24, 2.45) is 0 Å². The molecule has 0 saturated heterocycles. The molecule has 0 unspecified atom stereocenters. The second kappa shape index (κ2) is 10.8. The summed E-state index contributed by atoms with van der Waals surface area (Å²) in [6, 6.07) is 11.4. The van der Waals surface area contributed by atoms with Crippen molar-refractivity contribution in [3.63, 3.8) is 0 Å². The maximum absolute atomic E-state index is 14.4. The molecule has 0 radical (unpaired) electrons.